The van der Waals surface area contributed by atoms with Gasteiger partial charge in [-0.15, -0.1) is 11.6 Å². The highest BCUT2D eigenvalue weighted by Crippen LogP contribution is 2.28. The molecule has 0 fully saturated rings. The molecule has 9 heteroatoms. The van der Waals surface area contributed by atoms with Crippen molar-refractivity contribution >= 4 is 40.1 Å². The topological polar surface area (TPSA) is 104 Å². The van der Waals surface area contributed by atoms with Gasteiger partial charge in [0.15, 0.2) is 0 Å². The monoisotopic (exact) mass is 412 g/mol. The number of halogens is 2. The molecule has 0 saturated heterocycles. The minimum Gasteiger partial charge on any atom is -0.506 e. The lowest BCUT2D eigenvalue weighted by Gasteiger charge is -2.04. The maximum absolute atomic E-state index is 9.85. The molecule has 0 aromatic carbocycles. The summed E-state index contributed by atoms with van der Waals surface area (Å²) in [6, 6.07) is 0. The normalized spacial score (nSPS) is 14.9. The number of aromatic nitrogens is 2. The summed E-state index contributed by atoms with van der Waals surface area (Å²) in [6.07, 6.45) is 4.49. The van der Waals surface area contributed by atoms with Crippen LogP contribution in [-0.4, -0.2) is 32.0 Å². The van der Waals surface area contributed by atoms with Crippen LogP contribution in [0.2, 0.25) is 0 Å². The van der Waals surface area contributed by atoms with Gasteiger partial charge in [-0.05, 0) is 45.4 Å². The first-order chi connectivity index (χ1) is 12.7. The molecule has 1 aromatic heterocycles. The van der Waals surface area contributed by atoms with E-state index in [1.807, 2.05) is 5.48 Å². The Kier molecular flexibility index (Phi) is 9.00. The van der Waals surface area contributed by atoms with Gasteiger partial charge in [-0.2, -0.15) is 4.98 Å². The van der Waals surface area contributed by atoms with Gasteiger partial charge < -0.3 is 9.63 Å². The van der Waals surface area contributed by atoms with Crippen LogP contribution >= 0.6 is 23.2 Å². The van der Waals surface area contributed by atoms with Crippen LogP contribution in [0.5, 0.6) is 0 Å². The smallest absolute Gasteiger partial charge is 0.253 e. The van der Waals surface area contributed by atoms with Gasteiger partial charge in [-0.3, -0.25) is 10.7 Å². The van der Waals surface area contributed by atoms with E-state index in [0.29, 0.717) is 22.4 Å². The van der Waals surface area contributed by atoms with Gasteiger partial charge in [0, 0.05) is 11.3 Å². The molecule has 146 valence electrons. The van der Waals surface area contributed by atoms with Crippen LogP contribution in [0.15, 0.2) is 56.5 Å². The summed E-state index contributed by atoms with van der Waals surface area (Å²) in [4.78, 5) is 8.49. The third-order valence-electron chi connectivity index (χ3n) is 3.18. The highest BCUT2D eigenvalue weighted by Gasteiger charge is 2.17. The van der Waals surface area contributed by atoms with Gasteiger partial charge in [-0.1, -0.05) is 29.4 Å². The Morgan fingerprint density at radius 1 is 1.37 bits per heavy atom. The number of nitrogens with zero attached hydrogens (tertiary/aromatic N) is 3. The average molecular weight is 413 g/mol. The number of rotatable bonds is 8. The Bertz CT molecular complexity index is 849. The van der Waals surface area contributed by atoms with Crippen molar-refractivity contribution in [3.63, 3.8) is 0 Å². The van der Waals surface area contributed by atoms with Gasteiger partial charge in [0.1, 0.15) is 16.6 Å². The molecule has 0 atom stereocenters. The summed E-state index contributed by atoms with van der Waals surface area (Å²) in [5, 5.41) is 23.1. The number of aliphatic hydroxyl groups excluding tert-OH is 1. The molecule has 0 bridgehead atoms. The van der Waals surface area contributed by atoms with Crippen LogP contribution in [-0.2, 0) is 0 Å². The summed E-state index contributed by atoms with van der Waals surface area (Å²) < 4.78 is 5.25. The number of allylic oxidation sites excluding steroid dienone is 6. The van der Waals surface area contributed by atoms with Gasteiger partial charge in [0.25, 0.3) is 5.89 Å². The molecule has 1 rings (SSSR count). The second-order valence-electron chi connectivity index (χ2n) is 5.59. The molecule has 0 spiro atoms. The number of hydrogen-bond acceptors (Lipinski definition) is 7. The van der Waals surface area contributed by atoms with E-state index in [4.69, 9.17) is 27.7 Å². The predicted molar refractivity (Wildman–Crippen MR) is 109 cm³/mol. The molecule has 1 heterocycles. The predicted octanol–water partition coefficient (Wildman–Crippen LogP) is 4.98. The molecule has 0 aliphatic carbocycles. The third-order valence-corrected chi connectivity index (χ3v) is 3.84. The van der Waals surface area contributed by atoms with E-state index in [9.17, 15) is 10.3 Å². The zero-order valence-electron chi connectivity index (χ0n) is 15.5. The lowest BCUT2D eigenvalue weighted by Crippen LogP contribution is -2.07. The molecule has 27 heavy (non-hydrogen) atoms. The summed E-state index contributed by atoms with van der Waals surface area (Å²) in [5.41, 5.74) is 4.14. The SMILES string of the molecule is C=C(C)/C(=C(/Cl)N=C(C)CCl)c1noc(/C(C)=C/C(NO)=C(O)\C=C/C)n1. The fourth-order valence-electron chi connectivity index (χ4n) is 1.89. The van der Waals surface area contributed by atoms with Crippen molar-refractivity contribution in [2.24, 2.45) is 4.99 Å². The largest absolute Gasteiger partial charge is 0.506 e. The quantitative estimate of drug-likeness (QED) is 0.139. The maximum atomic E-state index is 9.85. The number of alkyl halides is 1. The lowest BCUT2D eigenvalue weighted by atomic mass is 10.1. The standard InChI is InChI=1S/C18H22Cl2N4O3/c1-6-7-14(25)13(23-26)8-11(4)18-22-17(24-27-18)15(10(2)3)16(20)21-12(5)9-19/h6-8,23,25-26H,2,9H2,1,3-5H3/b7-6-,11-8+,14-13-,16-15+,21-12?. The Balaban J connectivity index is 3.36. The van der Waals surface area contributed by atoms with Crippen molar-refractivity contribution in [1.82, 2.24) is 15.6 Å². The van der Waals surface area contributed by atoms with Crippen molar-refractivity contribution in [2.45, 2.75) is 27.7 Å². The summed E-state index contributed by atoms with van der Waals surface area (Å²) >= 11 is 12.0. The molecular weight excluding hydrogens is 391 g/mol. The zero-order valence-corrected chi connectivity index (χ0v) is 17.1. The van der Waals surface area contributed by atoms with Crippen LogP contribution in [0.4, 0.5) is 0 Å². The molecule has 0 amide bonds. The first kappa shape index (κ1) is 22.7. The van der Waals surface area contributed by atoms with Crippen molar-refractivity contribution in [3.8, 4) is 0 Å². The van der Waals surface area contributed by atoms with Crippen LogP contribution in [0.1, 0.15) is 39.4 Å². The Labute approximate surface area is 168 Å². The lowest BCUT2D eigenvalue weighted by molar-refractivity contribution is 0.198. The minimum absolute atomic E-state index is 0.0707. The Morgan fingerprint density at radius 2 is 2.04 bits per heavy atom. The van der Waals surface area contributed by atoms with E-state index in [1.165, 1.54) is 12.2 Å². The van der Waals surface area contributed by atoms with E-state index in [1.54, 1.807) is 33.8 Å². The van der Waals surface area contributed by atoms with Crippen LogP contribution in [0.25, 0.3) is 11.1 Å². The van der Waals surface area contributed by atoms with Crippen LogP contribution in [0, 0.1) is 0 Å². The average Bonchev–Trinajstić information content (AvgIpc) is 3.08. The number of hydrogen-bond donors (Lipinski definition) is 3. The third kappa shape index (κ3) is 6.39. The Hall–Kier alpha value is -2.35. The molecule has 3 N–H and O–H groups in total. The molecular formula is C18H22Cl2N4O3. The van der Waals surface area contributed by atoms with Gasteiger partial charge in [0.05, 0.1) is 11.5 Å². The fourth-order valence-corrected chi connectivity index (χ4v) is 2.34. The first-order valence-electron chi connectivity index (χ1n) is 7.89. The number of hydroxylamine groups is 1. The molecule has 0 aliphatic rings. The van der Waals surface area contributed by atoms with Crippen molar-refractivity contribution < 1.29 is 14.8 Å². The Morgan fingerprint density at radius 3 is 2.56 bits per heavy atom. The minimum atomic E-state index is -0.157. The number of aliphatic imine (C=N–C) groups is 1. The van der Waals surface area contributed by atoms with Crippen molar-refractivity contribution in [3.05, 3.63) is 58.7 Å². The van der Waals surface area contributed by atoms with Crippen LogP contribution in [0.3, 0.4) is 0 Å². The fraction of sp³-hybridized carbons (Fsp3) is 0.278. The zero-order chi connectivity index (χ0) is 20.6. The molecule has 1 aromatic rings. The second-order valence-corrected chi connectivity index (χ2v) is 6.21. The number of nitrogens with one attached hydrogen (secondary N) is 1. The van der Waals surface area contributed by atoms with Gasteiger partial charge in [0.2, 0.25) is 5.82 Å². The van der Waals surface area contributed by atoms with E-state index in [0.717, 1.165) is 0 Å². The molecule has 0 saturated carbocycles. The van der Waals surface area contributed by atoms with E-state index >= 15 is 0 Å². The maximum Gasteiger partial charge on any atom is 0.253 e. The summed E-state index contributed by atoms with van der Waals surface area (Å²) in [7, 11) is 0. The number of aliphatic hydroxyl groups is 1. The second kappa shape index (κ2) is 10.7. The van der Waals surface area contributed by atoms with E-state index < -0.39 is 0 Å². The summed E-state index contributed by atoms with van der Waals surface area (Å²) in [5.74, 6) is 0.460. The van der Waals surface area contributed by atoms with Crippen molar-refractivity contribution in [1.29, 1.82) is 0 Å². The molecule has 0 aliphatic heterocycles. The van der Waals surface area contributed by atoms with E-state index in [-0.39, 0.29) is 34.2 Å². The van der Waals surface area contributed by atoms with Gasteiger partial charge in [-0.25, -0.2) is 4.99 Å². The van der Waals surface area contributed by atoms with E-state index in [2.05, 4.69) is 21.7 Å². The molecule has 0 unspecified atom stereocenters. The van der Waals surface area contributed by atoms with Gasteiger partial charge >= 0.3 is 0 Å². The first-order valence-corrected chi connectivity index (χ1v) is 8.80. The van der Waals surface area contributed by atoms with Crippen LogP contribution < -0.4 is 5.48 Å². The summed E-state index contributed by atoms with van der Waals surface area (Å²) in [6.45, 7) is 10.8. The van der Waals surface area contributed by atoms with Crippen molar-refractivity contribution in [2.75, 3.05) is 5.88 Å². The molecule has 7 nitrogen and oxygen atoms in total. The highest BCUT2D eigenvalue weighted by atomic mass is 35.5. The molecule has 0 radical (unpaired) electrons. The highest BCUT2D eigenvalue weighted by molar-refractivity contribution is 6.35.